The molecule has 2 heterocycles. The average Bonchev–Trinajstić information content (AvgIpc) is 3.30. The van der Waals surface area contributed by atoms with E-state index >= 15 is 0 Å². The van der Waals surface area contributed by atoms with Gasteiger partial charge < -0.3 is 14.5 Å². The van der Waals surface area contributed by atoms with Crippen LogP contribution in [0.1, 0.15) is 30.3 Å². The molecule has 0 unspecified atom stereocenters. The van der Waals surface area contributed by atoms with Gasteiger partial charge in [-0.05, 0) is 36.8 Å². The first kappa shape index (κ1) is 20.9. The van der Waals surface area contributed by atoms with Gasteiger partial charge in [-0.3, -0.25) is 9.89 Å². The van der Waals surface area contributed by atoms with E-state index in [1.807, 2.05) is 35.2 Å². The number of amides is 1. The van der Waals surface area contributed by atoms with Gasteiger partial charge in [0.15, 0.2) is 0 Å². The fourth-order valence-corrected chi connectivity index (χ4v) is 3.73. The minimum atomic E-state index is -0.236. The maximum atomic E-state index is 14.0. The van der Waals surface area contributed by atoms with Gasteiger partial charge in [0.2, 0.25) is 0 Å². The summed E-state index contributed by atoms with van der Waals surface area (Å²) in [6, 6.07) is 16.2. The second kappa shape index (κ2) is 9.64. The van der Waals surface area contributed by atoms with Crippen LogP contribution in [0.5, 0.6) is 5.75 Å². The number of nitrogens with zero attached hydrogens (tertiary/aromatic N) is 3. The van der Waals surface area contributed by atoms with Crippen LogP contribution in [0.4, 0.5) is 10.1 Å². The number of piperazine rings is 1. The molecule has 0 atom stereocenters. The van der Waals surface area contributed by atoms with E-state index in [2.05, 4.69) is 17.1 Å². The van der Waals surface area contributed by atoms with Crippen molar-refractivity contribution in [1.29, 1.82) is 0 Å². The van der Waals surface area contributed by atoms with Crippen molar-refractivity contribution in [3.05, 3.63) is 66.1 Å². The molecule has 31 heavy (non-hydrogen) atoms. The number of hydrogen-bond donors (Lipinski definition) is 1. The van der Waals surface area contributed by atoms with Crippen LogP contribution in [0, 0.1) is 5.82 Å². The Hall–Kier alpha value is -3.35. The maximum Gasteiger partial charge on any atom is 0.272 e. The zero-order valence-electron chi connectivity index (χ0n) is 17.7. The van der Waals surface area contributed by atoms with Crippen LogP contribution >= 0.6 is 0 Å². The van der Waals surface area contributed by atoms with Crippen LogP contribution in [-0.2, 0) is 0 Å². The molecule has 3 aromatic rings. The lowest BCUT2D eigenvalue weighted by molar-refractivity contribution is 0.0740. The molecular formula is C24H27FN4O2. The number of nitrogens with one attached hydrogen (secondary N) is 1. The molecule has 0 bridgehead atoms. The van der Waals surface area contributed by atoms with Crippen LogP contribution in [0.25, 0.3) is 11.3 Å². The van der Waals surface area contributed by atoms with Crippen molar-refractivity contribution in [3.63, 3.8) is 0 Å². The fourth-order valence-electron chi connectivity index (χ4n) is 3.73. The van der Waals surface area contributed by atoms with Crippen LogP contribution in [0.3, 0.4) is 0 Å². The summed E-state index contributed by atoms with van der Waals surface area (Å²) in [6.45, 7) is 4.99. The number of benzene rings is 2. The Kier molecular flexibility index (Phi) is 6.50. The number of aromatic amines is 1. The first-order chi connectivity index (χ1) is 15.2. The van der Waals surface area contributed by atoms with Crippen molar-refractivity contribution in [2.75, 3.05) is 37.7 Å². The van der Waals surface area contributed by atoms with Crippen molar-refractivity contribution in [3.8, 4) is 17.0 Å². The maximum absolute atomic E-state index is 14.0. The Morgan fingerprint density at radius 3 is 2.61 bits per heavy atom. The number of anilines is 1. The lowest BCUT2D eigenvalue weighted by atomic mass is 10.1. The Bertz CT molecular complexity index is 1030. The highest BCUT2D eigenvalue weighted by atomic mass is 19.1. The Balaban J connectivity index is 1.42. The molecule has 1 aromatic heterocycles. The molecule has 0 spiro atoms. The standard InChI is InChI=1S/C24H27FN4O2/c1-2-3-16-31-23-11-7-4-8-18(23)20-17-21(27-26-20)24(30)29-14-12-28(13-15-29)22-10-6-5-9-19(22)25/h4-11,17H,2-3,12-16H2,1H3,(H,26,27). The number of carbonyl (C=O) groups is 1. The van der Waals surface area contributed by atoms with Gasteiger partial charge in [-0.15, -0.1) is 0 Å². The quantitative estimate of drug-likeness (QED) is 0.575. The number of H-pyrrole nitrogens is 1. The summed E-state index contributed by atoms with van der Waals surface area (Å²) in [6.07, 6.45) is 2.05. The molecule has 0 radical (unpaired) electrons. The molecule has 4 rings (SSSR count). The molecule has 1 saturated heterocycles. The van der Waals surface area contributed by atoms with E-state index in [0.717, 1.165) is 24.2 Å². The third-order valence-electron chi connectivity index (χ3n) is 5.49. The first-order valence-corrected chi connectivity index (χ1v) is 10.7. The first-order valence-electron chi connectivity index (χ1n) is 10.7. The molecule has 1 aliphatic rings. The number of hydrogen-bond acceptors (Lipinski definition) is 4. The van der Waals surface area contributed by atoms with Gasteiger partial charge in [0.1, 0.15) is 17.3 Å². The van der Waals surface area contributed by atoms with Crippen molar-refractivity contribution in [2.24, 2.45) is 0 Å². The van der Waals surface area contributed by atoms with Gasteiger partial charge in [0.25, 0.3) is 5.91 Å². The lowest BCUT2D eigenvalue weighted by Crippen LogP contribution is -2.49. The lowest BCUT2D eigenvalue weighted by Gasteiger charge is -2.36. The number of rotatable bonds is 7. The van der Waals surface area contributed by atoms with Gasteiger partial charge in [0, 0.05) is 31.7 Å². The molecule has 0 aliphatic carbocycles. The Labute approximate surface area is 181 Å². The normalized spacial score (nSPS) is 14.0. The van der Waals surface area contributed by atoms with Crippen LogP contribution < -0.4 is 9.64 Å². The SMILES string of the molecule is CCCCOc1ccccc1-c1cc(C(=O)N2CCN(c3ccccc3F)CC2)[nH]n1. The van der Waals surface area contributed by atoms with Gasteiger partial charge in [-0.2, -0.15) is 5.10 Å². The molecule has 6 nitrogen and oxygen atoms in total. The smallest absolute Gasteiger partial charge is 0.272 e. The zero-order chi connectivity index (χ0) is 21.6. The molecule has 1 amide bonds. The number of carbonyl (C=O) groups excluding carboxylic acids is 1. The monoisotopic (exact) mass is 422 g/mol. The average molecular weight is 423 g/mol. The van der Waals surface area contributed by atoms with Crippen LogP contribution in [0.2, 0.25) is 0 Å². The zero-order valence-corrected chi connectivity index (χ0v) is 17.7. The number of halogens is 1. The predicted octanol–water partition coefficient (Wildman–Crippen LogP) is 4.36. The fraction of sp³-hybridized carbons (Fsp3) is 0.333. The predicted molar refractivity (Wildman–Crippen MR) is 119 cm³/mol. The third-order valence-corrected chi connectivity index (χ3v) is 5.49. The summed E-state index contributed by atoms with van der Waals surface area (Å²) in [7, 11) is 0. The van der Waals surface area contributed by atoms with Crippen molar-refractivity contribution < 1.29 is 13.9 Å². The molecule has 162 valence electrons. The van der Waals surface area contributed by atoms with Gasteiger partial charge >= 0.3 is 0 Å². The molecular weight excluding hydrogens is 395 g/mol. The van der Waals surface area contributed by atoms with E-state index in [4.69, 9.17) is 4.74 Å². The van der Waals surface area contributed by atoms with Gasteiger partial charge in [-0.25, -0.2) is 4.39 Å². The highest BCUT2D eigenvalue weighted by Gasteiger charge is 2.25. The number of para-hydroxylation sites is 2. The van der Waals surface area contributed by atoms with Crippen molar-refractivity contribution >= 4 is 11.6 Å². The van der Waals surface area contributed by atoms with Crippen molar-refractivity contribution in [1.82, 2.24) is 15.1 Å². The molecule has 1 N–H and O–H groups in total. The summed E-state index contributed by atoms with van der Waals surface area (Å²) in [5, 5.41) is 7.23. The van der Waals surface area contributed by atoms with Crippen molar-refractivity contribution in [2.45, 2.75) is 19.8 Å². The second-order valence-electron chi connectivity index (χ2n) is 7.60. The molecule has 7 heteroatoms. The molecule has 1 fully saturated rings. The number of unbranched alkanes of at least 4 members (excludes halogenated alkanes) is 1. The summed E-state index contributed by atoms with van der Waals surface area (Å²) >= 11 is 0. The minimum absolute atomic E-state index is 0.101. The van der Waals surface area contributed by atoms with E-state index in [9.17, 15) is 9.18 Å². The van der Waals surface area contributed by atoms with E-state index < -0.39 is 0 Å². The highest BCUT2D eigenvalue weighted by molar-refractivity contribution is 5.93. The topological polar surface area (TPSA) is 61.5 Å². The van der Waals surface area contributed by atoms with Crippen LogP contribution in [0.15, 0.2) is 54.6 Å². The number of ether oxygens (including phenoxy) is 1. The van der Waals surface area contributed by atoms with E-state index in [1.165, 1.54) is 6.07 Å². The highest BCUT2D eigenvalue weighted by Crippen LogP contribution is 2.29. The summed E-state index contributed by atoms with van der Waals surface area (Å²) in [5.74, 6) is 0.427. The Morgan fingerprint density at radius 2 is 1.84 bits per heavy atom. The molecule has 0 saturated carbocycles. The third kappa shape index (κ3) is 4.71. The van der Waals surface area contributed by atoms with E-state index in [1.54, 1.807) is 23.1 Å². The molecule has 1 aliphatic heterocycles. The Morgan fingerprint density at radius 1 is 1.10 bits per heavy atom. The van der Waals surface area contributed by atoms with Crippen LogP contribution in [-0.4, -0.2) is 53.8 Å². The summed E-state index contributed by atoms with van der Waals surface area (Å²) in [4.78, 5) is 16.7. The minimum Gasteiger partial charge on any atom is -0.493 e. The largest absolute Gasteiger partial charge is 0.493 e. The molecule has 2 aromatic carbocycles. The number of aromatic nitrogens is 2. The second-order valence-corrected chi connectivity index (χ2v) is 7.60. The van der Waals surface area contributed by atoms with Gasteiger partial charge in [0.05, 0.1) is 18.0 Å². The summed E-state index contributed by atoms with van der Waals surface area (Å²) < 4.78 is 19.9. The summed E-state index contributed by atoms with van der Waals surface area (Å²) in [5.41, 5.74) is 2.56. The van der Waals surface area contributed by atoms with Gasteiger partial charge in [-0.1, -0.05) is 37.6 Å². The van der Waals surface area contributed by atoms with E-state index in [-0.39, 0.29) is 11.7 Å². The van der Waals surface area contributed by atoms with E-state index in [0.29, 0.717) is 49.9 Å².